The minimum absolute atomic E-state index is 0. The minimum atomic E-state index is -1.68. The SMILES string of the molecule is CCCC1=Cc2ccccc2C1[Si](C)(C)C1C(CCC)=Cc2ccccc21.[Cl-].[Cl-].[Zr+2]. The second kappa shape index (κ2) is 11.5. The Morgan fingerprint density at radius 2 is 1.03 bits per heavy atom. The Morgan fingerprint density at radius 3 is 1.40 bits per heavy atom. The van der Waals surface area contributed by atoms with Crippen molar-refractivity contribution in [3.63, 3.8) is 0 Å². The molecule has 0 saturated heterocycles. The van der Waals surface area contributed by atoms with Gasteiger partial charge in [-0.3, -0.25) is 0 Å². The van der Waals surface area contributed by atoms with Gasteiger partial charge in [0.15, 0.2) is 0 Å². The van der Waals surface area contributed by atoms with E-state index >= 15 is 0 Å². The number of halogens is 2. The summed E-state index contributed by atoms with van der Waals surface area (Å²) in [5.41, 5.74) is 10.8. The van der Waals surface area contributed by atoms with E-state index in [9.17, 15) is 0 Å². The van der Waals surface area contributed by atoms with Gasteiger partial charge in [-0.15, -0.1) is 0 Å². The molecule has 2 aromatic carbocycles. The van der Waals surface area contributed by atoms with Crippen molar-refractivity contribution in [3.8, 4) is 0 Å². The summed E-state index contributed by atoms with van der Waals surface area (Å²) in [6.07, 6.45) is 9.97. The molecule has 30 heavy (non-hydrogen) atoms. The van der Waals surface area contributed by atoms with Crippen LogP contribution < -0.4 is 24.8 Å². The molecule has 4 rings (SSSR count). The van der Waals surface area contributed by atoms with Crippen molar-refractivity contribution >= 4 is 20.2 Å². The number of benzene rings is 2. The number of fused-ring (bicyclic) bond motifs is 2. The Balaban J connectivity index is 0.00000150. The van der Waals surface area contributed by atoms with Gasteiger partial charge < -0.3 is 24.8 Å². The van der Waals surface area contributed by atoms with Gasteiger partial charge in [0.1, 0.15) is 0 Å². The van der Waals surface area contributed by atoms with Crippen LogP contribution in [0.2, 0.25) is 13.1 Å². The van der Waals surface area contributed by atoms with Crippen LogP contribution in [0.15, 0.2) is 59.7 Å². The van der Waals surface area contributed by atoms with Crippen molar-refractivity contribution in [2.75, 3.05) is 0 Å². The first-order valence-corrected chi connectivity index (χ1v) is 13.8. The summed E-state index contributed by atoms with van der Waals surface area (Å²) in [5.74, 6) is 0. The second-order valence-electron chi connectivity index (χ2n) is 8.88. The summed E-state index contributed by atoms with van der Waals surface area (Å²) in [6.45, 7) is 9.95. The van der Waals surface area contributed by atoms with E-state index in [-0.39, 0.29) is 51.0 Å². The van der Waals surface area contributed by atoms with Gasteiger partial charge in [0, 0.05) is 11.1 Å². The minimum Gasteiger partial charge on any atom is -1.00 e. The first kappa shape index (κ1) is 27.6. The van der Waals surface area contributed by atoms with Crippen LogP contribution in [0.25, 0.3) is 12.2 Å². The number of hydrogen-bond acceptors (Lipinski definition) is 0. The summed E-state index contributed by atoms with van der Waals surface area (Å²) in [7, 11) is -1.68. The van der Waals surface area contributed by atoms with Crippen molar-refractivity contribution < 1.29 is 51.0 Å². The van der Waals surface area contributed by atoms with E-state index in [0.29, 0.717) is 11.1 Å². The first-order valence-electron chi connectivity index (χ1n) is 10.7. The zero-order valence-corrected chi connectivity index (χ0v) is 23.5. The van der Waals surface area contributed by atoms with E-state index in [1.54, 1.807) is 22.3 Å². The molecule has 0 nitrogen and oxygen atoms in total. The summed E-state index contributed by atoms with van der Waals surface area (Å²) >= 11 is 0. The number of rotatable bonds is 6. The molecule has 0 radical (unpaired) electrons. The molecular formula is C26H32Cl2SiZr. The monoisotopic (exact) mass is 532 g/mol. The smallest absolute Gasteiger partial charge is 1.00 e. The Hall–Kier alpha value is -0.400. The van der Waals surface area contributed by atoms with Gasteiger partial charge in [0.25, 0.3) is 0 Å². The zero-order valence-electron chi connectivity index (χ0n) is 18.5. The van der Waals surface area contributed by atoms with Crippen LogP contribution in [0.5, 0.6) is 0 Å². The normalized spacial score (nSPS) is 18.8. The predicted octanol–water partition coefficient (Wildman–Crippen LogP) is 1.74. The van der Waals surface area contributed by atoms with Gasteiger partial charge >= 0.3 is 26.2 Å². The molecule has 0 bridgehead atoms. The van der Waals surface area contributed by atoms with Crippen LogP contribution in [0.1, 0.15) is 72.9 Å². The Bertz CT molecular complexity index is 843. The summed E-state index contributed by atoms with van der Waals surface area (Å²) in [4.78, 5) is 0. The van der Waals surface area contributed by atoms with Crippen molar-refractivity contribution in [2.24, 2.45) is 0 Å². The van der Waals surface area contributed by atoms with Gasteiger partial charge in [-0.05, 0) is 35.1 Å². The molecule has 2 aromatic rings. The maximum absolute atomic E-state index is 2.65. The maximum atomic E-state index is 2.65. The average Bonchev–Trinajstić information content (AvgIpc) is 3.20. The number of hydrogen-bond donors (Lipinski definition) is 0. The molecule has 2 unspecified atom stereocenters. The van der Waals surface area contributed by atoms with Gasteiger partial charge in [-0.2, -0.15) is 0 Å². The largest absolute Gasteiger partial charge is 2.00 e. The third-order valence-corrected chi connectivity index (χ3v) is 10.9. The fraction of sp³-hybridized carbons (Fsp3) is 0.385. The molecule has 0 aliphatic heterocycles. The maximum Gasteiger partial charge on any atom is 2.00 e. The molecule has 2 atom stereocenters. The van der Waals surface area contributed by atoms with Crippen LogP contribution in [-0.4, -0.2) is 8.07 Å². The van der Waals surface area contributed by atoms with E-state index in [1.807, 2.05) is 0 Å². The van der Waals surface area contributed by atoms with E-state index in [2.05, 4.69) is 87.6 Å². The standard InChI is InChI=1S/C26H32Si.2ClH.Zr/c1-5-11-21-17-19-13-7-9-15-23(19)25(21)27(3,4)26-22(12-6-2)18-20-14-8-10-16-24(20)26;;;/h7-10,13-18,25-26H,5-6,11-12H2,1-4H3;2*1H;/q;;;+2/p-2. The third-order valence-electron chi connectivity index (χ3n) is 6.60. The van der Waals surface area contributed by atoms with Crippen LogP contribution in [0, 0.1) is 0 Å². The molecule has 2 aliphatic carbocycles. The van der Waals surface area contributed by atoms with E-state index in [0.717, 1.165) is 0 Å². The van der Waals surface area contributed by atoms with Crippen molar-refractivity contribution in [2.45, 2.75) is 63.7 Å². The van der Waals surface area contributed by atoms with Gasteiger partial charge in [0.05, 0.1) is 8.07 Å². The fourth-order valence-electron chi connectivity index (χ4n) is 5.71. The molecule has 4 heteroatoms. The van der Waals surface area contributed by atoms with E-state index < -0.39 is 8.07 Å². The molecule has 2 aliphatic rings. The fourth-order valence-corrected chi connectivity index (χ4v) is 10.5. The topological polar surface area (TPSA) is 0 Å². The molecule has 0 spiro atoms. The second-order valence-corrected chi connectivity index (χ2v) is 13.7. The van der Waals surface area contributed by atoms with Gasteiger partial charge in [0.2, 0.25) is 0 Å². The van der Waals surface area contributed by atoms with Crippen LogP contribution in [0.3, 0.4) is 0 Å². The molecule has 0 saturated carbocycles. The van der Waals surface area contributed by atoms with Crippen LogP contribution in [-0.2, 0) is 26.2 Å². The Kier molecular flexibility index (Phi) is 10.6. The van der Waals surface area contributed by atoms with Crippen molar-refractivity contribution in [1.29, 1.82) is 0 Å². The van der Waals surface area contributed by atoms with E-state index in [1.165, 1.54) is 36.8 Å². The van der Waals surface area contributed by atoms with Gasteiger partial charge in [-0.25, -0.2) is 0 Å². The van der Waals surface area contributed by atoms with Gasteiger partial charge in [-0.1, -0.05) is 112 Å². The molecular weight excluding hydrogens is 503 g/mol. The van der Waals surface area contributed by atoms with Crippen molar-refractivity contribution in [3.05, 3.63) is 81.9 Å². The summed E-state index contributed by atoms with van der Waals surface area (Å²) in [6, 6.07) is 18.3. The molecule has 0 fully saturated rings. The van der Waals surface area contributed by atoms with Crippen LogP contribution in [0.4, 0.5) is 0 Å². The Morgan fingerprint density at radius 1 is 0.667 bits per heavy atom. The molecule has 0 N–H and O–H groups in total. The summed E-state index contributed by atoms with van der Waals surface area (Å²) in [5, 5.41) is 0. The quantitative estimate of drug-likeness (QED) is 0.496. The molecule has 158 valence electrons. The first-order chi connectivity index (χ1) is 13.1. The third kappa shape index (κ3) is 4.83. The Labute approximate surface area is 215 Å². The molecule has 0 aromatic heterocycles. The average molecular weight is 535 g/mol. The van der Waals surface area contributed by atoms with E-state index in [4.69, 9.17) is 0 Å². The zero-order chi connectivity index (χ0) is 19.0. The molecule has 0 heterocycles. The van der Waals surface area contributed by atoms with Crippen molar-refractivity contribution in [1.82, 2.24) is 0 Å². The predicted molar refractivity (Wildman–Crippen MR) is 122 cm³/mol. The molecule has 0 amide bonds. The van der Waals surface area contributed by atoms with Crippen LogP contribution >= 0.6 is 0 Å². The number of allylic oxidation sites excluding steroid dienone is 2. The summed E-state index contributed by atoms with van der Waals surface area (Å²) < 4.78 is 0.